The Kier molecular flexibility index (Phi) is 8.17. The van der Waals surface area contributed by atoms with Crippen LogP contribution in [0.3, 0.4) is 0 Å². The highest BCUT2D eigenvalue weighted by Gasteiger charge is 2.32. The first kappa shape index (κ1) is 24.9. The van der Waals surface area contributed by atoms with Crippen molar-refractivity contribution in [3.05, 3.63) is 64.3 Å². The fraction of sp³-hybridized carbons (Fsp3) is 0.320. The lowest BCUT2D eigenvalue weighted by Crippen LogP contribution is -2.26. The molecule has 10 heteroatoms. The summed E-state index contributed by atoms with van der Waals surface area (Å²) in [6.07, 6.45) is 1.08. The van der Waals surface area contributed by atoms with Crippen molar-refractivity contribution in [2.24, 2.45) is 0 Å². The third kappa shape index (κ3) is 5.55. The molecule has 0 saturated carbocycles. The Labute approximate surface area is 211 Å². The van der Waals surface area contributed by atoms with Gasteiger partial charge in [0.1, 0.15) is 17.0 Å². The highest BCUT2D eigenvalue weighted by Crippen LogP contribution is 2.37. The molecule has 2 aromatic carbocycles. The van der Waals surface area contributed by atoms with Crippen LogP contribution in [0.4, 0.5) is 0 Å². The molecule has 0 radical (unpaired) electrons. The van der Waals surface area contributed by atoms with E-state index in [9.17, 15) is 9.59 Å². The van der Waals surface area contributed by atoms with E-state index >= 15 is 0 Å². The number of benzene rings is 2. The van der Waals surface area contributed by atoms with E-state index in [2.05, 4.69) is 21.0 Å². The lowest BCUT2D eigenvalue weighted by molar-refractivity contribution is -0.183. The zero-order valence-electron chi connectivity index (χ0n) is 19.4. The van der Waals surface area contributed by atoms with Crippen molar-refractivity contribution in [1.29, 1.82) is 0 Å². The van der Waals surface area contributed by atoms with Crippen LogP contribution in [0.25, 0.3) is 16.9 Å². The maximum atomic E-state index is 12.9. The molecule has 4 rings (SSSR count). The Bertz CT molecular complexity index is 1190. The van der Waals surface area contributed by atoms with Crippen LogP contribution in [0.2, 0.25) is 0 Å². The number of esters is 2. The van der Waals surface area contributed by atoms with Gasteiger partial charge < -0.3 is 23.7 Å². The van der Waals surface area contributed by atoms with E-state index in [0.717, 1.165) is 10.9 Å². The van der Waals surface area contributed by atoms with Crippen molar-refractivity contribution < 1.29 is 33.3 Å². The van der Waals surface area contributed by atoms with Crippen molar-refractivity contribution in [2.75, 3.05) is 34.0 Å². The van der Waals surface area contributed by atoms with Crippen molar-refractivity contribution in [3.8, 4) is 22.7 Å². The zero-order chi connectivity index (χ0) is 24.8. The first-order chi connectivity index (χ1) is 17.0. The molecule has 1 saturated heterocycles. The highest BCUT2D eigenvalue weighted by molar-refractivity contribution is 9.10. The first-order valence-corrected chi connectivity index (χ1v) is 11.8. The number of carbonyl (C=O) groups is 2. The minimum atomic E-state index is -0.725. The van der Waals surface area contributed by atoms with Crippen molar-refractivity contribution in [3.63, 3.8) is 0 Å². The predicted octanol–water partition coefficient (Wildman–Crippen LogP) is 4.41. The lowest BCUT2D eigenvalue weighted by atomic mass is 10.0. The molecule has 0 bridgehead atoms. The van der Waals surface area contributed by atoms with E-state index in [0.29, 0.717) is 43.2 Å². The Morgan fingerprint density at radius 2 is 1.77 bits per heavy atom. The standard InChI is InChI=1S/C25H25BrN2O7/c1-31-24(29)21-22(27-28(23(21)25(30)32-2)17-7-4-3-5-8-17)18-15-16(26)9-10-19(18)33-14-11-20-34-12-6-13-35-20/h3-5,7-10,15,20H,6,11-14H2,1-2H3. The molecule has 35 heavy (non-hydrogen) atoms. The Hall–Kier alpha value is -3.21. The number of nitrogens with zero attached hydrogens (tertiary/aromatic N) is 2. The van der Waals surface area contributed by atoms with Gasteiger partial charge >= 0.3 is 11.9 Å². The molecule has 1 aliphatic heterocycles. The van der Waals surface area contributed by atoms with Crippen LogP contribution in [0.1, 0.15) is 33.7 Å². The zero-order valence-corrected chi connectivity index (χ0v) is 20.9. The minimum Gasteiger partial charge on any atom is -0.493 e. The molecule has 0 aliphatic carbocycles. The molecule has 0 amide bonds. The molecule has 3 aromatic rings. The van der Waals surface area contributed by atoms with Gasteiger partial charge in [0.15, 0.2) is 12.0 Å². The summed E-state index contributed by atoms with van der Waals surface area (Å²) in [5.74, 6) is -0.974. The minimum absolute atomic E-state index is 0.0231. The summed E-state index contributed by atoms with van der Waals surface area (Å²) < 4.78 is 29.4. The summed E-state index contributed by atoms with van der Waals surface area (Å²) in [6, 6.07) is 14.3. The Morgan fingerprint density at radius 3 is 2.46 bits per heavy atom. The van der Waals surface area contributed by atoms with Crippen LogP contribution in [0.5, 0.6) is 5.75 Å². The number of ether oxygens (including phenoxy) is 5. The summed E-state index contributed by atoms with van der Waals surface area (Å²) in [4.78, 5) is 25.8. The molecule has 1 fully saturated rings. The normalized spacial score (nSPS) is 13.9. The fourth-order valence-corrected chi connectivity index (χ4v) is 4.09. The monoisotopic (exact) mass is 544 g/mol. The number of hydrogen-bond donors (Lipinski definition) is 0. The third-order valence-electron chi connectivity index (χ3n) is 5.36. The molecule has 0 unspecified atom stereocenters. The number of hydrogen-bond acceptors (Lipinski definition) is 8. The van der Waals surface area contributed by atoms with Gasteiger partial charge in [0, 0.05) is 16.5 Å². The number of rotatable bonds is 8. The quantitative estimate of drug-likeness (QED) is 0.384. The number of halogens is 1. The molecule has 2 heterocycles. The van der Waals surface area contributed by atoms with Crippen molar-refractivity contribution in [2.45, 2.75) is 19.1 Å². The van der Waals surface area contributed by atoms with Gasteiger partial charge in [-0.25, -0.2) is 14.3 Å². The van der Waals surface area contributed by atoms with Gasteiger partial charge in [-0.1, -0.05) is 34.1 Å². The largest absolute Gasteiger partial charge is 0.493 e. The van der Waals surface area contributed by atoms with Gasteiger partial charge in [-0.3, -0.25) is 0 Å². The summed E-state index contributed by atoms with van der Waals surface area (Å²) >= 11 is 3.48. The Morgan fingerprint density at radius 1 is 1.06 bits per heavy atom. The molecule has 1 aromatic heterocycles. The van der Waals surface area contributed by atoms with Crippen molar-refractivity contribution in [1.82, 2.24) is 9.78 Å². The lowest BCUT2D eigenvalue weighted by Gasteiger charge is -2.23. The smallest absolute Gasteiger partial charge is 0.357 e. The molecule has 0 N–H and O–H groups in total. The molecule has 9 nitrogen and oxygen atoms in total. The summed E-state index contributed by atoms with van der Waals surface area (Å²) in [6.45, 7) is 1.63. The molecular formula is C25H25BrN2O7. The van der Waals surface area contributed by atoms with Gasteiger partial charge in [-0.15, -0.1) is 0 Å². The molecular weight excluding hydrogens is 520 g/mol. The van der Waals surface area contributed by atoms with Gasteiger partial charge in [0.2, 0.25) is 0 Å². The fourth-order valence-electron chi connectivity index (χ4n) is 3.72. The van der Waals surface area contributed by atoms with E-state index in [1.807, 2.05) is 12.1 Å². The maximum absolute atomic E-state index is 12.9. The van der Waals surface area contributed by atoms with E-state index in [1.165, 1.54) is 18.9 Å². The summed E-state index contributed by atoms with van der Waals surface area (Å²) in [5.41, 5.74) is 1.24. The SMILES string of the molecule is COC(=O)c1c(-c2cc(Br)ccc2OCCC2OCCCO2)nn(-c2ccccc2)c1C(=O)OC. The van der Waals surface area contributed by atoms with Crippen molar-refractivity contribution >= 4 is 27.9 Å². The number of methoxy groups -OCH3 is 2. The Balaban J connectivity index is 1.80. The van der Waals surface area contributed by atoms with Crippen LogP contribution in [-0.2, 0) is 18.9 Å². The second-order valence-electron chi connectivity index (χ2n) is 7.61. The maximum Gasteiger partial charge on any atom is 0.357 e. The van der Waals surface area contributed by atoms with Gasteiger partial charge in [0.25, 0.3) is 0 Å². The molecule has 0 spiro atoms. The predicted molar refractivity (Wildman–Crippen MR) is 130 cm³/mol. The van der Waals surface area contributed by atoms with E-state index in [4.69, 9.17) is 23.7 Å². The van der Waals surface area contributed by atoms with Crippen LogP contribution < -0.4 is 4.74 Å². The van der Waals surface area contributed by atoms with E-state index in [1.54, 1.807) is 36.4 Å². The molecule has 1 aliphatic rings. The number of aromatic nitrogens is 2. The van der Waals surface area contributed by atoms with E-state index in [-0.39, 0.29) is 23.2 Å². The van der Waals surface area contributed by atoms with Crippen LogP contribution in [-0.4, -0.2) is 62.0 Å². The van der Waals surface area contributed by atoms with Gasteiger partial charge in [-0.05, 0) is 36.8 Å². The first-order valence-electron chi connectivity index (χ1n) is 11.0. The topological polar surface area (TPSA) is 98.1 Å². The number of para-hydroxylation sites is 1. The van der Waals surface area contributed by atoms with Crippen LogP contribution >= 0.6 is 15.9 Å². The average molecular weight is 545 g/mol. The highest BCUT2D eigenvalue weighted by atomic mass is 79.9. The third-order valence-corrected chi connectivity index (χ3v) is 5.85. The van der Waals surface area contributed by atoms with E-state index < -0.39 is 11.9 Å². The summed E-state index contributed by atoms with van der Waals surface area (Å²) in [5, 5.41) is 4.65. The van der Waals surface area contributed by atoms with Crippen LogP contribution in [0.15, 0.2) is 53.0 Å². The number of carbonyl (C=O) groups excluding carboxylic acids is 2. The van der Waals surface area contributed by atoms with Gasteiger partial charge in [-0.2, -0.15) is 5.10 Å². The van der Waals surface area contributed by atoms with Gasteiger partial charge in [0.05, 0.1) is 39.7 Å². The second-order valence-corrected chi connectivity index (χ2v) is 8.52. The molecule has 0 atom stereocenters. The second kappa shape index (κ2) is 11.5. The average Bonchev–Trinajstić information content (AvgIpc) is 3.30. The molecule has 184 valence electrons. The van der Waals surface area contributed by atoms with Crippen LogP contribution in [0, 0.1) is 0 Å². The summed E-state index contributed by atoms with van der Waals surface area (Å²) in [7, 11) is 2.49.